The van der Waals surface area contributed by atoms with Crippen LogP contribution in [0, 0.1) is 0 Å². The van der Waals surface area contributed by atoms with Crippen LogP contribution in [0.3, 0.4) is 0 Å². The van der Waals surface area contributed by atoms with Crippen LogP contribution in [0.2, 0.25) is 0 Å². The molecule has 2 aromatic rings. The van der Waals surface area contributed by atoms with E-state index in [1.807, 2.05) is 50.0 Å². The average Bonchev–Trinajstić information content (AvgIpc) is 3.09. The Balaban J connectivity index is 2.21. The van der Waals surface area contributed by atoms with Gasteiger partial charge in [-0.25, -0.2) is 4.39 Å². The van der Waals surface area contributed by atoms with Gasteiger partial charge in [-0.15, -0.1) is 0 Å². The lowest BCUT2D eigenvalue weighted by molar-refractivity contribution is 0.0873. The van der Waals surface area contributed by atoms with E-state index in [0.29, 0.717) is 19.4 Å². The third-order valence-electron chi connectivity index (χ3n) is 6.18. The van der Waals surface area contributed by atoms with Crippen molar-refractivity contribution >= 4 is 28.4 Å². The smallest absolute Gasteiger partial charge is 0.128 e. The SMILES string of the molecule is C=C(C)/C(=C(/C)OC)c1cnc2c(C(/C=N\C)=C/C)cn(CC3(F)CCCCC3)c2c1. The van der Waals surface area contributed by atoms with E-state index in [-0.39, 0.29) is 0 Å². The molecule has 5 heteroatoms. The summed E-state index contributed by atoms with van der Waals surface area (Å²) in [5, 5.41) is 0. The first-order valence-corrected chi connectivity index (χ1v) is 11.0. The number of rotatable bonds is 7. The fourth-order valence-corrected chi connectivity index (χ4v) is 4.58. The van der Waals surface area contributed by atoms with Gasteiger partial charge in [0.05, 0.1) is 24.7 Å². The van der Waals surface area contributed by atoms with E-state index in [0.717, 1.165) is 63.9 Å². The summed E-state index contributed by atoms with van der Waals surface area (Å²) in [5.74, 6) is 0.786. The van der Waals surface area contributed by atoms with Gasteiger partial charge in [0.25, 0.3) is 0 Å². The summed E-state index contributed by atoms with van der Waals surface area (Å²) in [6.07, 6.45) is 12.0. The number of allylic oxidation sites excluding steroid dienone is 5. The molecule has 0 aromatic carbocycles. The molecule has 166 valence electrons. The molecule has 1 aliphatic carbocycles. The van der Waals surface area contributed by atoms with Crippen molar-refractivity contribution in [2.24, 2.45) is 4.99 Å². The highest BCUT2D eigenvalue weighted by molar-refractivity contribution is 6.14. The van der Waals surface area contributed by atoms with Crippen molar-refractivity contribution in [3.05, 3.63) is 53.6 Å². The Kier molecular flexibility index (Phi) is 7.14. The van der Waals surface area contributed by atoms with Crippen molar-refractivity contribution in [3.63, 3.8) is 0 Å². The minimum Gasteiger partial charge on any atom is -0.501 e. The number of nitrogens with zero attached hydrogens (tertiary/aromatic N) is 3. The van der Waals surface area contributed by atoms with Crippen LogP contribution in [0.25, 0.3) is 22.2 Å². The van der Waals surface area contributed by atoms with E-state index in [1.165, 1.54) is 0 Å². The first-order valence-electron chi connectivity index (χ1n) is 11.0. The Morgan fingerprint density at radius 1 is 1.32 bits per heavy atom. The number of fused-ring (bicyclic) bond motifs is 1. The molecule has 0 saturated heterocycles. The molecule has 0 radical (unpaired) electrons. The van der Waals surface area contributed by atoms with Crippen LogP contribution in [0.1, 0.15) is 64.0 Å². The molecule has 0 N–H and O–H groups in total. The van der Waals surface area contributed by atoms with Crippen LogP contribution in [0.4, 0.5) is 4.39 Å². The number of aromatic nitrogens is 2. The van der Waals surface area contributed by atoms with Gasteiger partial charge in [0.1, 0.15) is 11.4 Å². The minimum absolute atomic E-state index is 0.338. The molecule has 0 amide bonds. The second kappa shape index (κ2) is 9.63. The standard InChI is InChI=1S/C26H34FN3O/c1-7-20(14-28-5)22-16-30(17-26(27)11-9-8-10-12-26)23-13-21(15-29-25(22)23)24(18(2)3)19(4)31-6/h7,13-16H,2,8-12,17H2,1,3-6H3/b20-7+,24-19+,28-14-. The molecule has 0 atom stereocenters. The number of ether oxygens (including phenoxy) is 1. The van der Waals surface area contributed by atoms with Crippen LogP contribution in [-0.4, -0.2) is 35.6 Å². The van der Waals surface area contributed by atoms with Crippen molar-refractivity contribution in [3.8, 4) is 0 Å². The van der Waals surface area contributed by atoms with Crippen LogP contribution < -0.4 is 0 Å². The monoisotopic (exact) mass is 423 g/mol. The van der Waals surface area contributed by atoms with Crippen LogP contribution in [0.5, 0.6) is 0 Å². The third kappa shape index (κ3) is 4.81. The van der Waals surface area contributed by atoms with Gasteiger partial charge in [-0.2, -0.15) is 0 Å². The molecule has 2 heterocycles. The first-order chi connectivity index (χ1) is 14.8. The van der Waals surface area contributed by atoms with Gasteiger partial charge in [-0.3, -0.25) is 9.98 Å². The van der Waals surface area contributed by atoms with Crippen molar-refractivity contribution in [2.75, 3.05) is 14.2 Å². The summed E-state index contributed by atoms with van der Waals surface area (Å²) < 4.78 is 23.2. The van der Waals surface area contributed by atoms with Gasteiger partial charge < -0.3 is 9.30 Å². The summed E-state index contributed by atoms with van der Waals surface area (Å²) in [7, 11) is 3.41. The molecular formula is C26H34FN3O. The highest BCUT2D eigenvalue weighted by atomic mass is 19.1. The van der Waals surface area contributed by atoms with Gasteiger partial charge in [-0.1, -0.05) is 31.9 Å². The highest BCUT2D eigenvalue weighted by Crippen LogP contribution is 2.36. The van der Waals surface area contributed by atoms with Crippen molar-refractivity contribution in [1.82, 2.24) is 9.55 Å². The molecule has 4 nitrogen and oxygen atoms in total. The molecule has 0 aliphatic heterocycles. The second-order valence-electron chi connectivity index (χ2n) is 8.52. The maximum atomic E-state index is 15.7. The Bertz CT molecular complexity index is 1050. The first kappa shape index (κ1) is 23.0. The van der Waals surface area contributed by atoms with Crippen molar-refractivity contribution in [1.29, 1.82) is 0 Å². The molecule has 0 spiro atoms. The lowest BCUT2D eigenvalue weighted by Gasteiger charge is -2.30. The van der Waals surface area contributed by atoms with Gasteiger partial charge in [0, 0.05) is 42.4 Å². The maximum Gasteiger partial charge on any atom is 0.128 e. The summed E-state index contributed by atoms with van der Waals surface area (Å²) in [4.78, 5) is 9.00. The molecule has 0 unspecified atom stereocenters. The molecule has 2 aromatic heterocycles. The topological polar surface area (TPSA) is 39.4 Å². The number of halogens is 1. The predicted molar refractivity (Wildman–Crippen MR) is 129 cm³/mol. The zero-order valence-electron chi connectivity index (χ0n) is 19.5. The average molecular weight is 424 g/mol. The van der Waals surface area contributed by atoms with Gasteiger partial charge in [-0.05, 0) is 50.8 Å². The van der Waals surface area contributed by atoms with Crippen molar-refractivity contribution < 1.29 is 9.13 Å². The number of aliphatic imine (C=N–C) groups is 1. The normalized spacial score (nSPS) is 17.8. The lowest BCUT2D eigenvalue weighted by Crippen LogP contribution is -2.31. The Hall–Kier alpha value is -2.69. The predicted octanol–water partition coefficient (Wildman–Crippen LogP) is 6.77. The van der Waals surface area contributed by atoms with E-state index in [9.17, 15) is 0 Å². The zero-order chi connectivity index (χ0) is 22.6. The van der Waals surface area contributed by atoms with Gasteiger partial charge in [0.2, 0.25) is 0 Å². The number of hydrogen-bond donors (Lipinski definition) is 0. The fraction of sp³-hybridized carbons (Fsp3) is 0.462. The van der Waals surface area contributed by atoms with E-state index in [1.54, 1.807) is 14.2 Å². The van der Waals surface area contributed by atoms with Gasteiger partial charge >= 0.3 is 0 Å². The second-order valence-corrected chi connectivity index (χ2v) is 8.52. The van der Waals surface area contributed by atoms with E-state index >= 15 is 4.39 Å². The lowest BCUT2D eigenvalue weighted by atomic mass is 9.86. The summed E-state index contributed by atoms with van der Waals surface area (Å²) >= 11 is 0. The maximum absolute atomic E-state index is 15.7. The van der Waals surface area contributed by atoms with E-state index in [4.69, 9.17) is 9.72 Å². The largest absolute Gasteiger partial charge is 0.501 e. The molecule has 1 aliphatic rings. The fourth-order valence-electron chi connectivity index (χ4n) is 4.58. The van der Waals surface area contributed by atoms with E-state index < -0.39 is 5.67 Å². The molecule has 0 bridgehead atoms. The highest BCUT2D eigenvalue weighted by Gasteiger charge is 2.33. The number of methoxy groups -OCH3 is 1. The van der Waals surface area contributed by atoms with Crippen LogP contribution >= 0.6 is 0 Å². The van der Waals surface area contributed by atoms with Crippen LogP contribution in [-0.2, 0) is 11.3 Å². The third-order valence-corrected chi connectivity index (χ3v) is 6.18. The number of hydrogen-bond acceptors (Lipinski definition) is 3. The summed E-state index contributed by atoms with van der Waals surface area (Å²) in [6, 6.07) is 2.08. The zero-order valence-corrected chi connectivity index (χ0v) is 19.5. The van der Waals surface area contributed by atoms with E-state index in [2.05, 4.69) is 17.6 Å². The minimum atomic E-state index is -1.18. The van der Waals surface area contributed by atoms with Crippen LogP contribution in [0.15, 0.2) is 47.4 Å². The Labute approximate surface area is 185 Å². The summed E-state index contributed by atoms with van der Waals surface area (Å²) in [5.41, 5.74) is 5.30. The molecular weight excluding hydrogens is 389 g/mol. The number of pyridine rings is 1. The molecule has 31 heavy (non-hydrogen) atoms. The molecule has 3 rings (SSSR count). The number of alkyl halides is 1. The van der Waals surface area contributed by atoms with Gasteiger partial charge in [0.15, 0.2) is 0 Å². The Morgan fingerprint density at radius 3 is 2.61 bits per heavy atom. The molecule has 1 saturated carbocycles. The molecule has 1 fully saturated rings. The van der Waals surface area contributed by atoms with Crippen molar-refractivity contribution in [2.45, 2.75) is 65.1 Å². The Morgan fingerprint density at radius 2 is 2.03 bits per heavy atom. The summed E-state index contributed by atoms with van der Waals surface area (Å²) in [6.45, 7) is 10.3. The quantitative estimate of drug-likeness (QED) is 0.280.